The zero-order valence-electron chi connectivity index (χ0n) is 25.2. The Hall–Kier alpha value is -3.66. The lowest BCUT2D eigenvalue weighted by Crippen LogP contribution is -2.25. The predicted octanol–water partition coefficient (Wildman–Crippen LogP) is 4.20. The summed E-state index contributed by atoms with van der Waals surface area (Å²) in [5.41, 5.74) is 0. The molecule has 0 aliphatic carbocycles. The lowest BCUT2D eigenvalue weighted by molar-refractivity contribution is -0.150. The van der Waals surface area contributed by atoms with Gasteiger partial charge in [0.25, 0.3) is 0 Å². The number of ether oxygens (including phenoxy) is 2. The van der Waals surface area contributed by atoms with Gasteiger partial charge < -0.3 is 45.0 Å². The van der Waals surface area contributed by atoms with Crippen LogP contribution in [-0.4, -0.2) is 32.8 Å². The van der Waals surface area contributed by atoms with Crippen LogP contribution < -0.4 is 17.5 Å². The van der Waals surface area contributed by atoms with Gasteiger partial charge in [-0.3, -0.25) is 14.2 Å². The molecule has 0 amide bonds. The van der Waals surface area contributed by atoms with Gasteiger partial charge >= 0.3 is 37.0 Å². The Kier molecular flexibility index (Phi) is 11.8. The lowest BCUT2D eigenvalue weighted by atomic mass is 10.1. The van der Waals surface area contributed by atoms with Gasteiger partial charge in [0.15, 0.2) is 29.6 Å². The SMILES string of the molecule is Cc1oc(=O)oc1COC(=O)C(CCC(=O)OCC[Si](C)(C)C)CP(=O)(OCc1oc(=O)oc1C)OCc1oc(=O)oc1C. The van der Waals surface area contributed by atoms with Crippen LogP contribution in [0.25, 0.3) is 0 Å². The summed E-state index contributed by atoms with van der Waals surface area (Å²) < 4.78 is 64.7. The van der Waals surface area contributed by atoms with Crippen molar-refractivity contribution in [3.05, 3.63) is 66.4 Å². The number of rotatable bonds is 17. The van der Waals surface area contributed by atoms with E-state index in [1.165, 1.54) is 20.8 Å². The minimum absolute atomic E-state index is 0.0422. The molecule has 0 aliphatic rings. The number of hydrogen-bond donors (Lipinski definition) is 0. The summed E-state index contributed by atoms with van der Waals surface area (Å²) >= 11 is 0. The van der Waals surface area contributed by atoms with Crippen molar-refractivity contribution in [3.8, 4) is 0 Å². The van der Waals surface area contributed by atoms with E-state index in [4.69, 9.17) is 45.0 Å². The van der Waals surface area contributed by atoms with Crippen molar-refractivity contribution < 1.29 is 59.2 Å². The van der Waals surface area contributed by atoms with Crippen molar-refractivity contribution in [2.24, 2.45) is 5.92 Å². The fraction of sp³-hybridized carbons (Fsp3) is 0.577. The van der Waals surface area contributed by atoms with Gasteiger partial charge in [-0.25, -0.2) is 14.4 Å². The highest BCUT2D eigenvalue weighted by molar-refractivity contribution is 7.53. The van der Waals surface area contributed by atoms with Gasteiger partial charge in [0.05, 0.1) is 18.7 Å². The van der Waals surface area contributed by atoms with Crippen LogP contribution in [0.3, 0.4) is 0 Å². The van der Waals surface area contributed by atoms with E-state index >= 15 is 0 Å². The maximum absolute atomic E-state index is 14.0. The molecule has 244 valence electrons. The number of hydrogen-bond acceptors (Lipinski definition) is 16. The van der Waals surface area contributed by atoms with E-state index in [1.807, 2.05) is 0 Å². The molecule has 0 radical (unpaired) electrons. The van der Waals surface area contributed by atoms with E-state index in [9.17, 15) is 28.5 Å². The summed E-state index contributed by atoms with van der Waals surface area (Å²) in [7, 11) is -5.80. The van der Waals surface area contributed by atoms with Gasteiger partial charge in [0, 0.05) is 14.5 Å². The van der Waals surface area contributed by atoms with Crippen molar-refractivity contribution in [1.29, 1.82) is 0 Å². The topological polar surface area (TPSA) is 218 Å². The highest BCUT2D eigenvalue weighted by atomic mass is 31.2. The Labute approximate surface area is 251 Å². The van der Waals surface area contributed by atoms with Crippen molar-refractivity contribution in [1.82, 2.24) is 0 Å². The van der Waals surface area contributed by atoms with Crippen molar-refractivity contribution >= 4 is 27.6 Å². The van der Waals surface area contributed by atoms with Crippen LogP contribution in [0.5, 0.6) is 0 Å². The third-order valence-corrected chi connectivity index (χ3v) is 9.86. The Morgan fingerprint density at radius 2 is 1.18 bits per heavy atom. The first kappa shape index (κ1) is 34.8. The first-order valence-electron chi connectivity index (χ1n) is 13.5. The largest absolute Gasteiger partial charge is 0.519 e. The van der Waals surface area contributed by atoms with E-state index in [-0.39, 0.29) is 54.0 Å². The standard InChI is InChI=1S/C26H35O16PSi/c1-15-19(40-24(29)37-15)11-34-23(28)18(7-8-22(27)33-9-10-44(4,5)6)14-43(32,35-12-20-16(2)38-25(30)41-20)36-13-21-17(3)39-26(31)42-21/h18H,7-14H2,1-6H3. The molecule has 0 aliphatic heterocycles. The fourth-order valence-electron chi connectivity index (χ4n) is 3.62. The zero-order chi connectivity index (χ0) is 32.7. The molecular formula is C26H35O16PSi. The van der Waals surface area contributed by atoms with Crippen molar-refractivity contribution in [2.45, 2.75) is 79.1 Å². The van der Waals surface area contributed by atoms with Crippen molar-refractivity contribution in [2.75, 3.05) is 12.8 Å². The Morgan fingerprint density at radius 1 is 0.727 bits per heavy atom. The van der Waals surface area contributed by atoms with Crippen LogP contribution in [0, 0.1) is 26.7 Å². The van der Waals surface area contributed by atoms with Crippen LogP contribution in [0.2, 0.25) is 25.7 Å². The van der Waals surface area contributed by atoms with Gasteiger partial charge in [0.1, 0.15) is 24.7 Å². The molecule has 18 heteroatoms. The fourth-order valence-corrected chi connectivity index (χ4v) is 6.12. The average Bonchev–Trinajstić information content (AvgIpc) is 3.54. The molecule has 3 aromatic rings. The monoisotopic (exact) mass is 662 g/mol. The third kappa shape index (κ3) is 10.8. The number of esters is 2. The molecule has 1 unspecified atom stereocenters. The average molecular weight is 663 g/mol. The predicted molar refractivity (Wildman–Crippen MR) is 150 cm³/mol. The molecule has 1 atom stereocenters. The van der Waals surface area contributed by atoms with Gasteiger partial charge in [-0.1, -0.05) is 19.6 Å². The minimum atomic E-state index is -4.33. The molecule has 0 fully saturated rings. The summed E-state index contributed by atoms with van der Waals surface area (Å²) in [5.74, 6) is -5.77. The first-order valence-corrected chi connectivity index (χ1v) is 19.0. The minimum Gasteiger partial charge on any atom is -0.466 e. The Balaban J connectivity index is 1.81. The molecule has 0 saturated heterocycles. The van der Waals surface area contributed by atoms with E-state index in [2.05, 4.69) is 19.6 Å². The van der Waals surface area contributed by atoms with Gasteiger partial charge in [-0.05, 0) is 33.2 Å². The Morgan fingerprint density at radius 3 is 1.59 bits per heavy atom. The molecule has 0 N–H and O–H groups in total. The normalized spacial score (nSPS) is 12.8. The molecular weight excluding hydrogens is 627 g/mol. The van der Waals surface area contributed by atoms with E-state index in [0.717, 1.165) is 6.04 Å². The molecule has 3 rings (SSSR count). The lowest BCUT2D eigenvalue weighted by Gasteiger charge is -2.22. The molecule has 44 heavy (non-hydrogen) atoms. The number of aryl methyl sites for hydroxylation is 3. The Bertz CT molecular complexity index is 1580. The zero-order valence-corrected chi connectivity index (χ0v) is 27.1. The van der Waals surface area contributed by atoms with Gasteiger partial charge in [-0.2, -0.15) is 0 Å². The van der Waals surface area contributed by atoms with E-state index in [1.54, 1.807) is 0 Å². The number of carbonyl (C=O) groups excluding carboxylic acids is 2. The van der Waals surface area contributed by atoms with E-state index < -0.39 is 77.0 Å². The second-order valence-corrected chi connectivity index (χ2v) is 18.7. The van der Waals surface area contributed by atoms with Crippen LogP contribution in [0.4, 0.5) is 0 Å². The maximum Gasteiger partial charge on any atom is 0.519 e. The van der Waals surface area contributed by atoms with E-state index in [0.29, 0.717) is 0 Å². The van der Waals surface area contributed by atoms with Gasteiger partial charge in [0.2, 0.25) is 0 Å². The van der Waals surface area contributed by atoms with Crippen LogP contribution >= 0.6 is 7.60 Å². The summed E-state index contributed by atoms with van der Waals surface area (Å²) in [6.07, 6.45) is -1.05. The molecule has 0 saturated carbocycles. The van der Waals surface area contributed by atoms with Crippen LogP contribution in [0.1, 0.15) is 47.4 Å². The second kappa shape index (κ2) is 14.9. The van der Waals surface area contributed by atoms with Crippen LogP contribution in [0.15, 0.2) is 40.9 Å². The smallest absolute Gasteiger partial charge is 0.466 e. The second-order valence-electron chi connectivity index (χ2n) is 11.0. The molecule has 16 nitrogen and oxygen atoms in total. The molecule has 3 aromatic heterocycles. The highest BCUT2D eigenvalue weighted by Crippen LogP contribution is 2.52. The summed E-state index contributed by atoms with van der Waals surface area (Å²) in [6.45, 7) is 9.28. The quantitative estimate of drug-likeness (QED) is 0.112. The summed E-state index contributed by atoms with van der Waals surface area (Å²) in [4.78, 5) is 60.0. The maximum atomic E-state index is 14.0. The van der Waals surface area contributed by atoms with Gasteiger partial charge in [-0.15, -0.1) is 0 Å². The summed E-state index contributed by atoms with van der Waals surface area (Å²) in [5, 5.41) is 0. The highest BCUT2D eigenvalue weighted by Gasteiger charge is 2.36. The molecule has 0 spiro atoms. The molecule has 0 bridgehead atoms. The summed E-state index contributed by atoms with van der Waals surface area (Å²) in [6, 6.07) is 0.740. The third-order valence-electron chi connectivity index (χ3n) is 6.23. The molecule has 3 heterocycles. The first-order chi connectivity index (χ1) is 20.5. The van der Waals surface area contributed by atoms with Crippen LogP contribution in [-0.2, 0) is 52.5 Å². The number of carbonyl (C=O) groups is 2. The van der Waals surface area contributed by atoms with Crippen molar-refractivity contribution in [3.63, 3.8) is 0 Å². The molecule has 0 aromatic carbocycles.